The van der Waals surface area contributed by atoms with Gasteiger partial charge in [-0.3, -0.25) is 0 Å². The summed E-state index contributed by atoms with van der Waals surface area (Å²) in [5, 5.41) is 13.1. The maximum atomic E-state index is 12.7. The average molecular weight is 437 g/mol. The number of methoxy groups -OCH3 is 1. The van der Waals surface area contributed by atoms with Gasteiger partial charge in [0.1, 0.15) is 6.10 Å². The molecule has 27 heavy (non-hydrogen) atoms. The van der Waals surface area contributed by atoms with Crippen LogP contribution in [0.4, 0.5) is 4.79 Å². The van der Waals surface area contributed by atoms with Crippen molar-refractivity contribution in [3.63, 3.8) is 0 Å². The van der Waals surface area contributed by atoms with Crippen molar-refractivity contribution in [2.45, 2.75) is 56.9 Å². The summed E-state index contributed by atoms with van der Waals surface area (Å²) in [5.41, 5.74) is 1.78. The van der Waals surface area contributed by atoms with Gasteiger partial charge in [-0.25, -0.2) is 4.79 Å². The number of nitrogens with zero attached hydrogens (tertiary/aromatic N) is 1. The number of benzene rings is 1. The lowest BCUT2D eigenvalue weighted by Gasteiger charge is -2.35. The number of halogens is 1. The molecule has 1 unspecified atom stereocenters. The molecular weight excluding hydrogens is 412 g/mol. The van der Waals surface area contributed by atoms with Crippen molar-refractivity contribution in [3.05, 3.63) is 33.8 Å². The lowest BCUT2D eigenvalue weighted by atomic mass is 9.69. The molecule has 2 amide bonds. The van der Waals surface area contributed by atoms with Crippen LogP contribution in [0.3, 0.4) is 0 Å². The molecule has 1 spiro atoms. The van der Waals surface area contributed by atoms with E-state index in [1.807, 2.05) is 30.9 Å². The molecule has 146 valence electrons. The molecule has 2 aliphatic heterocycles. The number of hydrogen-bond acceptors (Lipinski definition) is 4. The van der Waals surface area contributed by atoms with Crippen LogP contribution in [0.15, 0.2) is 22.7 Å². The Morgan fingerprint density at radius 2 is 2.30 bits per heavy atom. The summed E-state index contributed by atoms with van der Waals surface area (Å²) in [6, 6.07) is 1.93. The zero-order valence-corrected chi connectivity index (χ0v) is 17.4. The molecule has 0 radical (unpaired) electrons. The predicted molar refractivity (Wildman–Crippen MR) is 105 cm³/mol. The van der Waals surface area contributed by atoms with E-state index in [1.54, 1.807) is 7.11 Å². The van der Waals surface area contributed by atoms with E-state index in [2.05, 4.69) is 27.3 Å². The normalized spacial score (nSPS) is 28.3. The lowest BCUT2D eigenvalue weighted by molar-refractivity contribution is 0.0820. The number of carbonyl (C=O) groups excluding carboxylic acids is 1. The largest absolute Gasteiger partial charge is 0.493 e. The van der Waals surface area contributed by atoms with Gasteiger partial charge in [-0.05, 0) is 31.9 Å². The molecule has 2 heterocycles. The number of rotatable bonds is 2. The summed E-state index contributed by atoms with van der Waals surface area (Å²) < 4.78 is 12.8. The molecule has 0 aromatic heterocycles. The van der Waals surface area contributed by atoms with Crippen LogP contribution in [0.5, 0.6) is 11.5 Å². The standard InChI is InChI=1S/C20H25BrN2O4/c1-11(2)22-19(25)23-7-6-20-5-4-12(24)8-16(20)27-18-15(26-3)9-14(21)13(10-23)17(18)20/h4-5,9,11-12,16,24H,6-8,10H2,1-3H3,(H,22,25)/t12-,16-,20?/m1/s1. The first-order chi connectivity index (χ1) is 12.9. The van der Waals surface area contributed by atoms with Crippen LogP contribution in [0.1, 0.15) is 37.8 Å². The molecule has 1 aromatic carbocycles. The van der Waals surface area contributed by atoms with Gasteiger partial charge in [-0.15, -0.1) is 0 Å². The van der Waals surface area contributed by atoms with Crippen molar-refractivity contribution in [1.29, 1.82) is 0 Å². The lowest BCUT2D eigenvalue weighted by Crippen LogP contribution is -2.45. The number of amides is 2. The molecule has 0 saturated carbocycles. The molecule has 3 atom stereocenters. The highest BCUT2D eigenvalue weighted by atomic mass is 79.9. The summed E-state index contributed by atoms with van der Waals surface area (Å²) in [4.78, 5) is 14.6. The van der Waals surface area contributed by atoms with Crippen LogP contribution in [-0.2, 0) is 12.0 Å². The van der Waals surface area contributed by atoms with Crippen LogP contribution in [0, 0.1) is 0 Å². The number of carbonyl (C=O) groups is 1. The topological polar surface area (TPSA) is 71.0 Å². The van der Waals surface area contributed by atoms with Crippen LogP contribution in [0.25, 0.3) is 0 Å². The number of aliphatic hydroxyl groups is 1. The fraction of sp³-hybridized carbons (Fsp3) is 0.550. The van der Waals surface area contributed by atoms with E-state index in [4.69, 9.17) is 9.47 Å². The average Bonchev–Trinajstić information content (AvgIpc) is 2.82. The van der Waals surface area contributed by atoms with Crippen molar-refractivity contribution < 1.29 is 19.4 Å². The molecule has 6 nitrogen and oxygen atoms in total. The number of aliphatic hydroxyl groups excluding tert-OH is 1. The summed E-state index contributed by atoms with van der Waals surface area (Å²) in [6.45, 7) is 5.03. The highest BCUT2D eigenvalue weighted by molar-refractivity contribution is 9.10. The first-order valence-electron chi connectivity index (χ1n) is 9.35. The molecule has 0 fully saturated rings. The van der Waals surface area contributed by atoms with Gasteiger partial charge in [0.05, 0.1) is 18.6 Å². The third-order valence-corrected chi connectivity index (χ3v) is 6.44. The van der Waals surface area contributed by atoms with Crippen molar-refractivity contribution in [2.24, 2.45) is 0 Å². The summed E-state index contributed by atoms with van der Waals surface area (Å²) in [6.07, 6.45) is 4.53. The van der Waals surface area contributed by atoms with Crippen molar-refractivity contribution in [3.8, 4) is 11.5 Å². The van der Waals surface area contributed by atoms with Gasteiger partial charge in [0.15, 0.2) is 11.5 Å². The molecule has 2 N–H and O–H groups in total. The van der Waals surface area contributed by atoms with Gasteiger partial charge >= 0.3 is 6.03 Å². The molecule has 0 saturated heterocycles. The van der Waals surface area contributed by atoms with E-state index in [0.29, 0.717) is 25.3 Å². The van der Waals surface area contributed by atoms with Crippen molar-refractivity contribution >= 4 is 22.0 Å². The SMILES string of the molecule is COc1cc(Br)c2c3c1O[C@@H]1C[C@H](O)C=CC31CCN(C(=O)NC(C)C)C2. The predicted octanol–water partition coefficient (Wildman–Crippen LogP) is 3.10. The zero-order chi connectivity index (χ0) is 19.3. The van der Waals surface area contributed by atoms with Gasteiger partial charge in [0, 0.05) is 35.6 Å². The maximum absolute atomic E-state index is 12.7. The second kappa shape index (κ2) is 6.71. The summed E-state index contributed by atoms with van der Waals surface area (Å²) >= 11 is 3.68. The zero-order valence-electron chi connectivity index (χ0n) is 15.8. The Morgan fingerprint density at radius 3 is 3.00 bits per heavy atom. The highest BCUT2D eigenvalue weighted by Crippen LogP contribution is 2.57. The first kappa shape index (κ1) is 18.6. The van der Waals surface area contributed by atoms with Gasteiger partial charge < -0.3 is 24.8 Å². The Balaban J connectivity index is 1.84. The molecule has 1 aromatic rings. The van der Waals surface area contributed by atoms with Crippen molar-refractivity contribution in [1.82, 2.24) is 10.2 Å². The second-order valence-corrected chi connectivity index (χ2v) is 8.68. The first-order valence-corrected chi connectivity index (χ1v) is 10.1. The number of nitrogens with one attached hydrogen (secondary N) is 1. The Kier molecular flexibility index (Phi) is 4.63. The van der Waals surface area contributed by atoms with Gasteiger partial charge in [-0.1, -0.05) is 28.1 Å². The molecule has 4 rings (SSSR count). The Labute approximate surface area is 167 Å². The molecule has 1 aliphatic carbocycles. The van der Waals surface area contributed by atoms with Gasteiger partial charge in [-0.2, -0.15) is 0 Å². The third-order valence-electron chi connectivity index (χ3n) is 5.73. The molecule has 7 heteroatoms. The minimum absolute atomic E-state index is 0.0601. The minimum Gasteiger partial charge on any atom is -0.493 e. The second-order valence-electron chi connectivity index (χ2n) is 7.83. The molecule has 0 bridgehead atoms. The summed E-state index contributed by atoms with van der Waals surface area (Å²) in [5.74, 6) is 1.42. The Bertz CT molecular complexity index is 810. The van der Waals surface area contributed by atoms with E-state index in [9.17, 15) is 9.90 Å². The number of urea groups is 1. The fourth-order valence-corrected chi connectivity index (χ4v) is 5.00. The molecular formula is C20H25BrN2O4. The quantitative estimate of drug-likeness (QED) is 0.698. The van der Waals surface area contributed by atoms with E-state index >= 15 is 0 Å². The van der Waals surface area contributed by atoms with E-state index < -0.39 is 6.10 Å². The smallest absolute Gasteiger partial charge is 0.317 e. The van der Waals surface area contributed by atoms with Crippen LogP contribution in [0.2, 0.25) is 0 Å². The number of ether oxygens (including phenoxy) is 2. The molecule has 3 aliphatic rings. The van der Waals surface area contributed by atoms with Crippen LogP contribution < -0.4 is 14.8 Å². The third kappa shape index (κ3) is 2.91. The number of hydrogen-bond donors (Lipinski definition) is 2. The maximum Gasteiger partial charge on any atom is 0.317 e. The highest BCUT2D eigenvalue weighted by Gasteiger charge is 2.53. The Hall–Kier alpha value is -1.73. The van der Waals surface area contributed by atoms with Crippen molar-refractivity contribution in [2.75, 3.05) is 13.7 Å². The van der Waals surface area contributed by atoms with Gasteiger partial charge in [0.2, 0.25) is 0 Å². The van der Waals surface area contributed by atoms with Gasteiger partial charge in [0.25, 0.3) is 0 Å². The van der Waals surface area contributed by atoms with Crippen LogP contribution in [-0.4, -0.2) is 47.9 Å². The van der Waals surface area contributed by atoms with E-state index in [0.717, 1.165) is 27.8 Å². The monoisotopic (exact) mass is 436 g/mol. The fourth-order valence-electron chi connectivity index (χ4n) is 4.47. The van der Waals surface area contributed by atoms with Crippen LogP contribution >= 0.6 is 15.9 Å². The minimum atomic E-state index is -0.517. The van der Waals surface area contributed by atoms with E-state index in [-0.39, 0.29) is 23.6 Å². The summed E-state index contributed by atoms with van der Waals surface area (Å²) in [7, 11) is 1.63. The van der Waals surface area contributed by atoms with E-state index in [1.165, 1.54) is 0 Å². The Morgan fingerprint density at radius 1 is 1.52 bits per heavy atom.